The molecule has 1 aromatic heterocycles. The van der Waals surface area contributed by atoms with Crippen LogP contribution >= 0.6 is 0 Å². The minimum atomic E-state index is -0.262. The predicted octanol–water partition coefficient (Wildman–Crippen LogP) is 1.02. The van der Waals surface area contributed by atoms with E-state index >= 15 is 0 Å². The molecule has 0 saturated heterocycles. The van der Waals surface area contributed by atoms with Crippen molar-refractivity contribution >= 4 is 10.9 Å². The summed E-state index contributed by atoms with van der Waals surface area (Å²) in [4.78, 5) is 18.0. The Bertz CT molecular complexity index is 536. The zero-order valence-electron chi connectivity index (χ0n) is 9.09. The fourth-order valence-electron chi connectivity index (χ4n) is 1.35. The van der Waals surface area contributed by atoms with Gasteiger partial charge in [0.2, 0.25) is 0 Å². The highest BCUT2D eigenvalue weighted by Gasteiger charge is 2.04. The molecule has 0 unspecified atom stereocenters. The summed E-state index contributed by atoms with van der Waals surface area (Å²) in [6.07, 6.45) is 1.90. The fourth-order valence-corrected chi connectivity index (χ4v) is 1.35. The lowest BCUT2D eigenvalue weighted by atomic mass is 10.2. The summed E-state index contributed by atoms with van der Waals surface area (Å²) in [5.41, 5.74) is 0.324. The molecular formula is C11H13N3O2. The second-order valence-electron chi connectivity index (χ2n) is 3.47. The van der Waals surface area contributed by atoms with Gasteiger partial charge >= 0.3 is 5.56 Å². The minimum absolute atomic E-state index is 0.262. The molecule has 0 aliphatic rings. The maximum absolute atomic E-state index is 11.9. The number of aromatic nitrogens is 3. The molecular weight excluding hydrogens is 206 g/mol. The van der Waals surface area contributed by atoms with Gasteiger partial charge in [0, 0.05) is 0 Å². The summed E-state index contributed by atoms with van der Waals surface area (Å²) < 4.78 is 0. The number of unbranched alkanes of at least 4 members (excludes halogenated alkanes) is 1. The highest BCUT2D eigenvalue weighted by molar-refractivity contribution is 5.76. The second kappa shape index (κ2) is 4.74. The molecule has 2 aromatic rings. The molecule has 0 amide bonds. The molecule has 0 bridgehead atoms. The number of benzene rings is 1. The Hall–Kier alpha value is -1.91. The smallest absolute Gasteiger partial charge is 0.314 e. The van der Waals surface area contributed by atoms with E-state index in [-0.39, 0.29) is 5.56 Å². The standard InChI is InChI=1S/C11H13N3O2/c1-2-3-8-16-14-11(15)9-6-4-5-7-10(9)12-13-14/h4-7H,2-3,8H2,1H3. The highest BCUT2D eigenvalue weighted by atomic mass is 16.7. The summed E-state index contributed by atoms with van der Waals surface area (Å²) in [5, 5.41) is 8.14. The van der Waals surface area contributed by atoms with Crippen molar-refractivity contribution in [2.45, 2.75) is 19.8 Å². The maximum atomic E-state index is 11.9. The molecule has 5 nitrogen and oxygen atoms in total. The maximum Gasteiger partial charge on any atom is 0.314 e. The summed E-state index contributed by atoms with van der Waals surface area (Å²) >= 11 is 0. The first-order valence-electron chi connectivity index (χ1n) is 5.31. The van der Waals surface area contributed by atoms with Crippen LogP contribution in [0.15, 0.2) is 29.1 Å². The van der Waals surface area contributed by atoms with Crippen LogP contribution in [-0.2, 0) is 0 Å². The van der Waals surface area contributed by atoms with Crippen molar-refractivity contribution in [3.8, 4) is 0 Å². The van der Waals surface area contributed by atoms with Crippen LogP contribution in [0, 0.1) is 0 Å². The van der Waals surface area contributed by atoms with Crippen LogP contribution in [0.5, 0.6) is 0 Å². The average Bonchev–Trinajstić information content (AvgIpc) is 2.33. The molecule has 1 heterocycles. The Kier molecular flexibility index (Phi) is 3.14. The molecule has 1 aromatic carbocycles. The minimum Gasteiger partial charge on any atom is -0.392 e. The van der Waals surface area contributed by atoms with Crippen molar-refractivity contribution in [1.82, 2.24) is 15.2 Å². The van der Waals surface area contributed by atoms with Crippen LogP contribution < -0.4 is 10.4 Å². The van der Waals surface area contributed by atoms with Gasteiger partial charge in [0.1, 0.15) is 12.1 Å². The van der Waals surface area contributed by atoms with Crippen molar-refractivity contribution in [1.29, 1.82) is 0 Å². The summed E-state index contributed by atoms with van der Waals surface area (Å²) in [7, 11) is 0. The van der Waals surface area contributed by atoms with E-state index in [2.05, 4.69) is 17.2 Å². The Labute approximate surface area is 92.6 Å². The van der Waals surface area contributed by atoms with Gasteiger partial charge in [-0.15, -0.1) is 5.10 Å². The van der Waals surface area contributed by atoms with Crippen LogP contribution in [0.25, 0.3) is 10.9 Å². The lowest BCUT2D eigenvalue weighted by Gasteiger charge is -2.05. The molecule has 0 radical (unpaired) electrons. The SMILES string of the molecule is CCCCOn1nnc2ccccc2c1=O. The van der Waals surface area contributed by atoms with Gasteiger partial charge in [-0.2, -0.15) is 0 Å². The molecule has 5 heteroatoms. The van der Waals surface area contributed by atoms with Crippen LogP contribution in [-0.4, -0.2) is 21.8 Å². The molecule has 0 N–H and O–H groups in total. The Morgan fingerprint density at radius 3 is 3.00 bits per heavy atom. The fraction of sp³-hybridized carbons (Fsp3) is 0.364. The Morgan fingerprint density at radius 2 is 2.19 bits per heavy atom. The van der Waals surface area contributed by atoms with Crippen LogP contribution in [0.2, 0.25) is 0 Å². The van der Waals surface area contributed by atoms with E-state index in [1.165, 1.54) is 0 Å². The number of hydrogen-bond acceptors (Lipinski definition) is 4. The molecule has 0 spiro atoms. The van der Waals surface area contributed by atoms with E-state index in [0.717, 1.165) is 17.7 Å². The Morgan fingerprint density at radius 1 is 1.38 bits per heavy atom. The molecule has 84 valence electrons. The number of rotatable bonds is 4. The summed E-state index contributed by atoms with van der Waals surface area (Å²) in [5.74, 6) is 0. The molecule has 0 aliphatic carbocycles. The third kappa shape index (κ3) is 2.03. The van der Waals surface area contributed by atoms with Gasteiger partial charge in [0.25, 0.3) is 0 Å². The van der Waals surface area contributed by atoms with Crippen LogP contribution in [0.3, 0.4) is 0 Å². The lowest BCUT2D eigenvalue weighted by molar-refractivity contribution is 0.0650. The third-order valence-corrected chi connectivity index (χ3v) is 2.25. The van der Waals surface area contributed by atoms with Gasteiger partial charge < -0.3 is 4.84 Å². The number of fused-ring (bicyclic) bond motifs is 1. The van der Waals surface area contributed by atoms with E-state index in [1.54, 1.807) is 18.2 Å². The topological polar surface area (TPSA) is 57.0 Å². The normalized spacial score (nSPS) is 10.6. The zero-order valence-corrected chi connectivity index (χ0v) is 9.09. The Balaban J connectivity index is 2.33. The van der Waals surface area contributed by atoms with E-state index in [0.29, 0.717) is 17.5 Å². The highest BCUT2D eigenvalue weighted by Crippen LogP contribution is 2.02. The van der Waals surface area contributed by atoms with Crippen LogP contribution in [0.4, 0.5) is 0 Å². The lowest BCUT2D eigenvalue weighted by Crippen LogP contribution is -2.30. The molecule has 0 aliphatic heterocycles. The third-order valence-electron chi connectivity index (χ3n) is 2.25. The largest absolute Gasteiger partial charge is 0.392 e. The van der Waals surface area contributed by atoms with Gasteiger partial charge in [-0.05, 0) is 28.6 Å². The molecule has 0 atom stereocenters. The van der Waals surface area contributed by atoms with E-state index in [9.17, 15) is 4.79 Å². The molecule has 16 heavy (non-hydrogen) atoms. The van der Waals surface area contributed by atoms with Crippen molar-refractivity contribution in [3.63, 3.8) is 0 Å². The van der Waals surface area contributed by atoms with Crippen molar-refractivity contribution in [3.05, 3.63) is 34.6 Å². The first-order valence-corrected chi connectivity index (χ1v) is 5.31. The zero-order chi connectivity index (χ0) is 11.4. The monoisotopic (exact) mass is 219 g/mol. The van der Waals surface area contributed by atoms with E-state index in [4.69, 9.17) is 4.84 Å². The number of nitrogens with zero attached hydrogens (tertiary/aromatic N) is 3. The van der Waals surface area contributed by atoms with Gasteiger partial charge in [0.15, 0.2) is 0 Å². The van der Waals surface area contributed by atoms with Gasteiger partial charge in [-0.25, -0.2) is 0 Å². The number of hydrogen-bond donors (Lipinski definition) is 0. The van der Waals surface area contributed by atoms with Gasteiger partial charge in [0.05, 0.1) is 5.39 Å². The van der Waals surface area contributed by atoms with E-state index < -0.39 is 0 Å². The first kappa shape index (κ1) is 10.6. The molecule has 2 rings (SSSR count). The van der Waals surface area contributed by atoms with E-state index in [1.807, 2.05) is 6.07 Å². The van der Waals surface area contributed by atoms with Crippen molar-refractivity contribution in [2.24, 2.45) is 0 Å². The molecule has 0 fully saturated rings. The predicted molar refractivity (Wildman–Crippen MR) is 60.2 cm³/mol. The van der Waals surface area contributed by atoms with Crippen molar-refractivity contribution < 1.29 is 4.84 Å². The average molecular weight is 219 g/mol. The quantitative estimate of drug-likeness (QED) is 0.720. The summed E-state index contributed by atoms with van der Waals surface area (Å²) in [6, 6.07) is 7.08. The summed E-state index contributed by atoms with van der Waals surface area (Å²) in [6.45, 7) is 2.53. The second-order valence-corrected chi connectivity index (χ2v) is 3.47. The molecule has 0 saturated carbocycles. The van der Waals surface area contributed by atoms with Gasteiger partial charge in [-0.1, -0.05) is 25.5 Å². The van der Waals surface area contributed by atoms with Crippen molar-refractivity contribution in [2.75, 3.05) is 6.61 Å². The first-order chi connectivity index (χ1) is 7.83. The van der Waals surface area contributed by atoms with Crippen LogP contribution in [0.1, 0.15) is 19.8 Å². The van der Waals surface area contributed by atoms with Gasteiger partial charge in [-0.3, -0.25) is 4.79 Å².